The fourth-order valence-electron chi connectivity index (χ4n) is 2.00. The average molecular weight is 297 g/mol. The second kappa shape index (κ2) is 8.62. The first-order chi connectivity index (χ1) is 10.8. The normalized spacial score (nSPS) is 10.0. The number of hydrogen-bond donors (Lipinski definition) is 1. The van der Waals surface area contributed by atoms with Crippen LogP contribution in [0.5, 0.6) is 0 Å². The van der Waals surface area contributed by atoms with Gasteiger partial charge in [-0.3, -0.25) is 4.79 Å². The van der Waals surface area contributed by atoms with Gasteiger partial charge in [0.05, 0.1) is 5.56 Å². The molecule has 114 valence electrons. The van der Waals surface area contributed by atoms with Crippen LogP contribution in [0.15, 0.2) is 60.7 Å². The number of carbonyl (C=O) groups excluding carboxylic acids is 2. The molecule has 4 nitrogen and oxygen atoms in total. The molecule has 0 saturated carbocycles. The van der Waals surface area contributed by atoms with E-state index in [4.69, 9.17) is 4.74 Å². The zero-order valence-electron chi connectivity index (χ0n) is 12.3. The van der Waals surface area contributed by atoms with Crippen molar-refractivity contribution in [3.63, 3.8) is 0 Å². The average Bonchev–Trinajstić information content (AvgIpc) is 2.58. The molecule has 0 aliphatic heterocycles. The number of nitrogens with one attached hydrogen (secondary N) is 1. The molecule has 0 fully saturated rings. The van der Waals surface area contributed by atoms with Crippen LogP contribution >= 0.6 is 0 Å². The number of amides is 1. The highest BCUT2D eigenvalue weighted by molar-refractivity contribution is 5.91. The monoisotopic (exact) mass is 297 g/mol. The van der Waals surface area contributed by atoms with Gasteiger partial charge in [0.1, 0.15) is 0 Å². The maximum absolute atomic E-state index is 11.7. The summed E-state index contributed by atoms with van der Waals surface area (Å²) < 4.78 is 4.95. The van der Waals surface area contributed by atoms with Gasteiger partial charge in [-0.05, 0) is 30.5 Å². The van der Waals surface area contributed by atoms with Gasteiger partial charge in [0.2, 0.25) is 0 Å². The Morgan fingerprint density at radius 1 is 0.909 bits per heavy atom. The lowest BCUT2D eigenvalue weighted by molar-refractivity contribution is -0.124. The van der Waals surface area contributed by atoms with E-state index in [-0.39, 0.29) is 12.5 Å². The Morgan fingerprint density at radius 2 is 1.55 bits per heavy atom. The van der Waals surface area contributed by atoms with Crippen molar-refractivity contribution in [1.82, 2.24) is 5.32 Å². The van der Waals surface area contributed by atoms with Crippen LogP contribution < -0.4 is 5.32 Å². The number of aryl methyl sites for hydroxylation is 1. The van der Waals surface area contributed by atoms with Crippen molar-refractivity contribution < 1.29 is 14.3 Å². The molecule has 0 bridgehead atoms. The van der Waals surface area contributed by atoms with E-state index < -0.39 is 5.97 Å². The number of hydrogen-bond acceptors (Lipinski definition) is 3. The van der Waals surface area contributed by atoms with Crippen LogP contribution in [0.1, 0.15) is 22.3 Å². The molecule has 0 aromatic heterocycles. The van der Waals surface area contributed by atoms with Gasteiger partial charge >= 0.3 is 5.97 Å². The highest BCUT2D eigenvalue weighted by Crippen LogP contribution is 2.02. The number of benzene rings is 2. The summed E-state index contributed by atoms with van der Waals surface area (Å²) in [6.45, 7) is 0.315. The van der Waals surface area contributed by atoms with Crippen LogP contribution in [0.4, 0.5) is 0 Å². The van der Waals surface area contributed by atoms with E-state index in [1.807, 2.05) is 24.3 Å². The fourth-order valence-corrected chi connectivity index (χ4v) is 2.00. The number of ether oxygens (including phenoxy) is 1. The summed E-state index contributed by atoms with van der Waals surface area (Å²) in [6.07, 6.45) is 1.76. The third kappa shape index (κ3) is 5.40. The van der Waals surface area contributed by atoms with E-state index in [9.17, 15) is 9.59 Å². The van der Waals surface area contributed by atoms with Crippen LogP contribution in [0, 0.1) is 0 Å². The first-order valence-corrected chi connectivity index (χ1v) is 7.28. The summed E-state index contributed by atoms with van der Waals surface area (Å²) in [5, 5.41) is 2.74. The molecule has 0 atom stereocenters. The molecule has 0 aliphatic carbocycles. The lowest BCUT2D eigenvalue weighted by Crippen LogP contribution is -2.29. The molecule has 0 saturated heterocycles. The Bertz CT molecular complexity index is 596. The van der Waals surface area contributed by atoms with Crippen molar-refractivity contribution in [3.8, 4) is 0 Å². The Morgan fingerprint density at radius 3 is 2.23 bits per heavy atom. The largest absolute Gasteiger partial charge is 0.452 e. The van der Waals surface area contributed by atoms with Crippen molar-refractivity contribution in [2.75, 3.05) is 13.2 Å². The Balaban J connectivity index is 1.61. The molecule has 1 N–H and O–H groups in total. The van der Waals surface area contributed by atoms with Gasteiger partial charge < -0.3 is 10.1 Å². The van der Waals surface area contributed by atoms with Crippen LogP contribution in [0.25, 0.3) is 0 Å². The van der Waals surface area contributed by atoms with Crippen molar-refractivity contribution in [2.24, 2.45) is 0 Å². The maximum Gasteiger partial charge on any atom is 0.338 e. The van der Waals surface area contributed by atoms with Gasteiger partial charge in [-0.15, -0.1) is 0 Å². The van der Waals surface area contributed by atoms with Crippen molar-refractivity contribution in [2.45, 2.75) is 12.8 Å². The molecular formula is C18H19NO3. The van der Waals surface area contributed by atoms with Gasteiger partial charge in [-0.25, -0.2) is 4.79 Å². The lowest BCUT2D eigenvalue weighted by atomic mass is 10.1. The smallest absolute Gasteiger partial charge is 0.338 e. The summed E-state index contributed by atoms with van der Waals surface area (Å²) >= 11 is 0. The third-order valence-electron chi connectivity index (χ3n) is 3.15. The molecule has 0 unspecified atom stereocenters. The maximum atomic E-state index is 11.7. The summed E-state index contributed by atoms with van der Waals surface area (Å²) in [7, 11) is 0. The fraction of sp³-hybridized carbons (Fsp3) is 0.222. The number of carbonyl (C=O) groups is 2. The van der Waals surface area contributed by atoms with E-state index in [0.717, 1.165) is 12.8 Å². The minimum atomic E-state index is -0.486. The minimum absolute atomic E-state index is 0.251. The molecule has 2 aromatic rings. The van der Waals surface area contributed by atoms with Crippen LogP contribution in [0.3, 0.4) is 0 Å². The van der Waals surface area contributed by atoms with E-state index in [1.165, 1.54) is 5.56 Å². The predicted molar refractivity (Wildman–Crippen MR) is 84.5 cm³/mol. The summed E-state index contributed by atoms with van der Waals surface area (Å²) in [4.78, 5) is 23.3. The van der Waals surface area contributed by atoms with Gasteiger partial charge in [-0.2, -0.15) is 0 Å². The number of rotatable bonds is 7. The van der Waals surface area contributed by atoms with Crippen molar-refractivity contribution in [1.29, 1.82) is 0 Å². The lowest BCUT2D eigenvalue weighted by Gasteiger charge is -2.06. The SMILES string of the molecule is O=C(COC(=O)c1ccccc1)NCCCc1ccccc1. The van der Waals surface area contributed by atoms with Gasteiger partial charge in [0.25, 0.3) is 5.91 Å². The Hall–Kier alpha value is -2.62. The molecule has 0 spiro atoms. The quantitative estimate of drug-likeness (QED) is 0.631. The van der Waals surface area contributed by atoms with E-state index in [1.54, 1.807) is 24.3 Å². The molecule has 0 aliphatic rings. The Kier molecular flexibility index (Phi) is 6.18. The standard InChI is InChI=1S/C18H19NO3/c20-17(14-22-18(21)16-11-5-2-6-12-16)19-13-7-10-15-8-3-1-4-9-15/h1-6,8-9,11-12H,7,10,13-14H2,(H,19,20). The zero-order valence-corrected chi connectivity index (χ0v) is 12.3. The molecule has 2 aromatic carbocycles. The molecule has 2 rings (SSSR count). The van der Waals surface area contributed by atoms with Crippen molar-refractivity contribution >= 4 is 11.9 Å². The van der Waals surface area contributed by atoms with Crippen LogP contribution in [0.2, 0.25) is 0 Å². The molecule has 0 heterocycles. The van der Waals surface area contributed by atoms with Crippen LogP contribution in [-0.2, 0) is 16.0 Å². The van der Waals surface area contributed by atoms with E-state index >= 15 is 0 Å². The summed E-state index contributed by atoms with van der Waals surface area (Å²) in [5.74, 6) is -0.766. The van der Waals surface area contributed by atoms with E-state index in [2.05, 4.69) is 17.4 Å². The molecule has 4 heteroatoms. The third-order valence-corrected chi connectivity index (χ3v) is 3.15. The number of esters is 1. The summed E-state index contributed by atoms with van der Waals surface area (Å²) in [5.41, 5.74) is 1.69. The highest BCUT2D eigenvalue weighted by Gasteiger charge is 2.08. The molecule has 1 amide bonds. The van der Waals surface area contributed by atoms with Gasteiger partial charge in [0.15, 0.2) is 6.61 Å². The van der Waals surface area contributed by atoms with Crippen LogP contribution in [-0.4, -0.2) is 25.0 Å². The zero-order chi connectivity index (χ0) is 15.6. The first-order valence-electron chi connectivity index (χ1n) is 7.28. The summed E-state index contributed by atoms with van der Waals surface area (Å²) in [6, 6.07) is 18.7. The molecule has 22 heavy (non-hydrogen) atoms. The highest BCUT2D eigenvalue weighted by atomic mass is 16.5. The topological polar surface area (TPSA) is 55.4 Å². The van der Waals surface area contributed by atoms with Gasteiger partial charge in [0, 0.05) is 6.54 Å². The Labute approximate surface area is 130 Å². The predicted octanol–water partition coefficient (Wildman–Crippen LogP) is 2.59. The minimum Gasteiger partial charge on any atom is -0.452 e. The second-order valence-electron chi connectivity index (χ2n) is 4.88. The second-order valence-corrected chi connectivity index (χ2v) is 4.88. The van der Waals surface area contributed by atoms with E-state index in [0.29, 0.717) is 12.1 Å². The first kappa shape index (κ1) is 15.8. The molecule has 0 radical (unpaired) electrons. The molecular weight excluding hydrogens is 278 g/mol. The van der Waals surface area contributed by atoms with Crippen molar-refractivity contribution in [3.05, 3.63) is 71.8 Å². The van der Waals surface area contributed by atoms with Gasteiger partial charge in [-0.1, -0.05) is 48.5 Å².